The molecule has 0 bridgehead atoms. The van der Waals surface area contributed by atoms with Crippen molar-refractivity contribution in [2.24, 2.45) is 0 Å². The van der Waals surface area contributed by atoms with Crippen molar-refractivity contribution in [1.29, 1.82) is 0 Å². The van der Waals surface area contributed by atoms with Gasteiger partial charge in [-0.15, -0.1) is 11.3 Å². The number of thiophene rings is 1. The lowest BCUT2D eigenvalue weighted by molar-refractivity contribution is 0.0648. The van der Waals surface area contributed by atoms with E-state index < -0.39 is 0 Å². The molecule has 1 aliphatic rings. The molecule has 6 nitrogen and oxygen atoms in total. The van der Waals surface area contributed by atoms with Gasteiger partial charge in [-0.25, -0.2) is 9.97 Å². The van der Waals surface area contributed by atoms with Gasteiger partial charge in [0.25, 0.3) is 5.91 Å². The molecule has 3 aromatic rings. The molecule has 0 spiro atoms. The number of aryl methyl sites for hydroxylation is 1. The molecule has 0 aliphatic carbocycles. The molecule has 7 heteroatoms. The number of hydrogen-bond donors (Lipinski definition) is 1. The predicted molar refractivity (Wildman–Crippen MR) is 110 cm³/mol. The summed E-state index contributed by atoms with van der Waals surface area (Å²) < 4.78 is 0.869. The summed E-state index contributed by atoms with van der Waals surface area (Å²) in [5, 5.41) is 3.30. The second kappa shape index (κ2) is 8.43. The molecular weight excluding hydrogens is 358 g/mol. The van der Waals surface area contributed by atoms with Gasteiger partial charge in [-0.2, -0.15) is 0 Å². The molecule has 0 radical (unpaired) electrons. The first-order valence-electron chi connectivity index (χ1n) is 9.36. The first-order valence-corrected chi connectivity index (χ1v) is 10.2. The van der Waals surface area contributed by atoms with E-state index in [-0.39, 0.29) is 11.9 Å². The van der Waals surface area contributed by atoms with Gasteiger partial charge in [0, 0.05) is 30.4 Å². The first-order chi connectivity index (χ1) is 13.1. The Kier molecular flexibility index (Phi) is 6.01. The van der Waals surface area contributed by atoms with E-state index in [1.54, 1.807) is 17.5 Å². The van der Waals surface area contributed by atoms with Crippen molar-refractivity contribution in [1.82, 2.24) is 19.9 Å². The number of pyridine rings is 1. The van der Waals surface area contributed by atoms with Gasteiger partial charge in [0.15, 0.2) is 5.69 Å². The molecule has 4 heterocycles. The van der Waals surface area contributed by atoms with Crippen LogP contribution in [0.15, 0.2) is 30.6 Å². The second-order valence-electron chi connectivity index (χ2n) is 6.27. The number of rotatable bonds is 4. The normalized spacial score (nSPS) is 14.1. The van der Waals surface area contributed by atoms with Gasteiger partial charge in [-0.05, 0) is 38.0 Å². The molecule has 0 aromatic carbocycles. The van der Waals surface area contributed by atoms with Crippen molar-refractivity contribution in [3.05, 3.63) is 46.7 Å². The van der Waals surface area contributed by atoms with Crippen LogP contribution >= 0.6 is 11.3 Å². The van der Waals surface area contributed by atoms with Crippen LogP contribution in [0, 0.1) is 6.92 Å². The summed E-state index contributed by atoms with van der Waals surface area (Å²) in [5.74, 6) is 0.475. The summed E-state index contributed by atoms with van der Waals surface area (Å²) in [4.78, 5) is 29.0. The van der Waals surface area contributed by atoms with Crippen LogP contribution in [0.2, 0.25) is 0 Å². The van der Waals surface area contributed by atoms with E-state index >= 15 is 0 Å². The molecule has 3 aromatic heterocycles. The Labute approximate surface area is 163 Å². The largest absolute Gasteiger partial charge is 0.348 e. The highest BCUT2D eigenvalue weighted by Crippen LogP contribution is 2.29. The minimum absolute atomic E-state index is 0.00200. The summed E-state index contributed by atoms with van der Waals surface area (Å²) in [6.45, 7) is 9.67. The highest BCUT2D eigenvalue weighted by atomic mass is 32.1. The summed E-state index contributed by atoms with van der Waals surface area (Å²) >= 11 is 1.57. The average molecular weight is 384 g/mol. The lowest BCUT2D eigenvalue weighted by Crippen LogP contribution is -2.42. The summed E-state index contributed by atoms with van der Waals surface area (Å²) in [6, 6.07) is 5.91. The van der Waals surface area contributed by atoms with E-state index in [1.807, 2.05) is 57.0 Å². The number of likely N-dealkylation sites (tertiary alicyclic amines) is 1. The quantitative estimate of drug-likeness (QED) is 0.721. The summed E-state index contributed by atoms with van der Waals surface area (Å²) in [5.41, 5.74) is 2.37. The lowest BCUT2D eigenvalue weighted by atomic mass is 10.1. The maximum Gasteiger partial charge on any atom is 0.274 e. The van der Waals surface area contributed by atoms with E-state index in [2.05, 4.69) is 20.3 Å². The van der Waals surface area contributed by atoms with E-state index in [0.717, 1.165) is 40.2 Å². The zero-order valence-corrected chi connectivity index (χ0v) is 17.0. The van der Waals surface area contributed by atoms with Crippen molar-refractivity contribution < 1.29 is 4.79 Å². The number of anilines is 1. The molecule has 1 aliphatic heterocycles. The third-order valence-electron chi connectivity index (χ3n) is 4.37. The van der Waals surface area contributed by atoms with Crippen LogP contribution in [0.5, 0.6) is 0 Å². The van der Waals surface area contributed by atoms with Crippen LogP contribution in [0.3, 0.4) is 0 Å². The molecule has 1 fully saturated rings. The topological polar surface area (TPSA) is 71.0 Å². The van der Waals surface area contributed by atoms with Crippen LogP contribution in [0.25, 0.3) is 10.2 Å². The summed E-state index contributed by atoms with van der Waals surface area (Å²) in [6.07, 6.45) is 4.63. The lowest BCUT2D eigenvalue weighted by Gasteiger charge is -2.30. The minimum Gasteiger partial charge on any atom is -0.348 e. The number of hydrogen-bond acceptors (Lipinski definition) is 6. The molecule has 0 saturated carbocycles. The van der Waals surface area contributed by atoms with Crippen LogP contribution in [-0.2, 0) is 0 Å². The van der Waals surface area contributed by atoms with Gasteiger partial charge >= 0.3 is 0 Å². The van der Waals surface area contributed by atoms with Gasteiger partial charge in [0.2, 0.25) is 5.95 Å². The molecule has 142 valence electrons. The number of nitrogens with zero attached hydrogens (tertiary/aromatic N) is 4. The third kappa shape index (κ3) is 4.08. The van der Waals surface area contributed by atoms with Gasteiger partial charge in [-0.3, -0.25) is 9.78 Å². The van der Waals surface area contributed by atoms with Crippen molar-refractivity contribution in [3.63, 3.8) is 0 Å². The highest BCUT2D eigenvalue weighted by Gasteiger charge is 2.26. The van der Waals surface area contributed by atoms with Crippen LogP contribution in [0.4, 0.5) is 5.95 Å². The molecular formula is C20H25N5OS. The number of carbonyl (C=O) groups is 1. The average Bonchev–Trinajstić information content (AvgIpc) is 3.02. The maximum absolute atomic E-state index is 12.8. The second-order valence-corrected chi connectivity index (χ2v) is 7.52. The van der Waals surface area contributed by atoms with Crippen molar-refractivity contribution in [3.8, 4) is 0 Å². The molecule has 4 rings (SSSR count). The molecule has 0 unspecified atom stereocenters. The molecule has 1 amide bonds. The van der Waals surface area contributed by atoms with Crippen LogP contribution in [0.1, 0.15) is 54.2 Å². The number of nitrogens with one attached hydrogen (secondary N) is 1. The number of carbonyl (C=O) groups excluding carboxylic acids is 1. The standard InChI is InChI=1S/C18H19N5OS.C2H6/c1-11-9-14-16(25-11)15(17(24)23-7-4-8-23)22-18(21-14)20-12(2)13-5-3-6-19-10-13;1-2/h3,5-6,9-10,12H,4,7-8H2,1-2H3,(H,20,21,22);1-2H3/t12-;/m0./s1. The molecule has 1 atom stereocenters. The Balaban J connectivity index is 0.00000102. The highest BCUT2D eigenvalue weighted by molar-refractivity contribution is 7.19. The van der Waals surface area contributed by atoms with E-state index in [0.29, 0.717) is 11.6 Å². The van der Waals surface area contributed by atoms with Gasteiger partial charge < -0.3 is 10.2 Å². The Morgan fingerprint density at radius 2 is 2.07 bits per heavy atom. The number of amides is 1. The molecule has 1 saturated heterocycles. The molecule has 1 N–H and O–H groups in total. The minimum atomic E-state index is -0.00224. The van der Waals surface area contributed by atoms with Crippen molar-refractivity contribution in [2.75, 3.05) is 18.4 Å². The van der Waals surface area contributed by atoms with Crippen molar-refractivity contribution in [2.45, 2.75) is 40.2 Å². The Hall–Kier alpha value is -2.54. The van der Waals surface area contributed by atoms with Gasteiger partial charge in [0.05, 0.1) is 16.3 Å². The zero-order chi connectivity index (χ0) is 19.4. The zero-order valence-electron chi connectivity index (χ0n) is 16.2. The number of aromatic nitrogens is 3. The van der Waals surface area contributed by atoms with Crippen LogP contribution < -0.4 is 5.32 Å². The van der Waals surface area contributed by atoms with Gasteiger partial charge in [-0.1, -0.05) is 19.9 Å². The van der Waals surface area contributed by atoms with Gasteiger partial charge in [0.1, 0.15) is 0 Å². The van der Waals surface area contributed by atoms with E-state index in [4.69, 9.17) is 0 Å². The Morgan fingerprint density at radius 3 is 2.70 bits per heavy atom. The Morgan fingerprint density at radius 1 is 1.30 bits per heavy atom. The SMILES string of the molecule is CC.Cc1cc2nc(N[C@@H](C)c3cccnc3)nc(C(=O)N3CCC3)c2s1. The fraction of sp³-hybridized carbons (Fsp3) is 0.400. The fourth-order valence-electron chi connectivity index (χ4n) is 2.84. The molecule has 27 heavy (non-hydrogen) atoms. The maximum atomic E-state index is 12.8. The monoisotopic (exact) mass is 383 g/mol. The Bertz CT molecular complexity index is 921. The third-order valence-corrected chi connectivity index (χ3v) is 5.42. The fourth-order valence-corrected chi connectivity index (χ4v) is 3.77. The van der Waals surface area contributed by atoms with E-state index in [1.165, 1.54) is 0 Å². The van der Waals surface area contributed by atoms with E-state index in [9.17, 15) is 4.79 Å². The number of fused-ring (bicyclic) bond motifs is 1. The predicted octanol–water partition coefficient (Wildman–Crippen LogP) is 4.44. The van der Waals surface area contributed by atoms with Crippen molar-refractivity contribution >= 4 is 33.4 Å². The smallest absolute Gasteiger partial charge is 0.274 e. The first kappa shape index (κ1) is 19.2. The summed E-state index contributed by atoms with van der Waals surface area (Å²) in [7, 11) is 0. The van der Waals surface area contributed by atoms with Crippen LogP contribution in [-0.4, -0.2) is 38.8 Å².